The molecule has 1 aliphatic rings. The largest absolute Gasteiger partial charge is 0.461 e. The van der Waals surface area contributed by atoms with Gasteiger partial charge in [-0.05, 0) is 48.2 Å². The van der Waals surface area contributed by atoms with Gasteiger partial charge in [-0.3, -0.25) is 4.98 Å². The van der Waals surface area contributed by atoms with Gasteiger partial charge >= 0.3 is 18.6 Å². The Kier molecular flexibility index (Phi) is 8.97. The molecule has 2 aromatic carbocycles. The molecule has 0 saturated heterocycles. The molecule has 0 spiro atoms. The Labute approximate surface area is 228 Å². The summed E-state index contributed by atoms with van der Waals surface area (Å²) in [6.45, 7) is 0. The highest BCUT2D eigenvalue weighted by Crippen LogP contribution is 2.36. The molecule has 3 atom stereocenters. The first kappa shape index (κ1) is 28.6. The Morgan fingerprint density at radius 2 is 1.82 bits per heavy atom. The number of nitrogens with two attached hydrogens (primary N) is 1. The lowest BCUT2D eigenvalue weighted by Gasteiger charge is -2.37. The number of hydrogen-bond donors (Lipinski definition) is 3. The highest BCUT2D eigenvalue weighted by atomic mass is 35.5. The molecule has 208 valence electrons. The van der Waals surface area contributed by atoms with Gasteiger partial charge in [0.1, 0.15) is 11.3 Å². The number of aromatic nitrogens is 1. The van der Waals surface area contributed by atoms with Crippen molar-refractivity contribution >= 4 is 17.6 Å². The van der Waals surface area contributed by atoms with Gasteiger partial charge in [-0.2, -0.15) is 17.6 Å². The van der Waals surface area contributed by atoms with Crippen LogP contribution >= 0.6 is 11.6 Å². The Morgan fingerprint density at radius 3 is 2.49 bits per heavy atom. The number of hydrogen-bond acceptors (Lipinski definition) is 4. The maximum Gasteiger partial charge on any atom is 0.461 e. The molecule has 11 heteroatoms. The van der Waals surface area contributed by atoms with Gasteiger partial charge < -0.3 is 21.1 Å². The minimum absolute atomic E-state index is 0.140. The van der Waals surface area contributed by atoms with E-state index in [1.54, 1.807) is 18.2 Å². The topological polar surface area (TPSA) is 89.3 Å². The summed E-state index contributed by atoms with van der Waals surface area (Å²) in [6.07, 6.45) is -3.81. The smallest absolute Gasteiger partial charge is 0.428 e. The summed E-state index contributed by atoms with van der Waals surface area (Å²) >= 11 is 6.10. The number of ether oxygens (including phenoxy) is 1. The summed E-state index contributed by atoms with van der Waals surface area (Å²) in [7, 11) is 0. The first-order valence-electron chi connectivity index (χ1n) is 12.5. The quantitative estimate of drug-likeness (QED) is 0.277. The lowest BCUT2D eigenvalue weighted by Crippen LogP contribution is -2.57. The lowest BCUT2D eigenvalue weighted by atomic mass is 9.80. The van der Waals surface area contributed by atoms with E-state index in [2.05, 4.69) is 20.4 Å². The van der Waals surface area contributed by atoms with E-state index in [4.69, 9.17) is 17.3 Å². The molecule has 2 amide bonds. The van der Waals surface area contributed by atoms with Crippen molar-refractivity contribution in [3.63, 3.8) is 0 Å². The number of carbonyl (C=O) groups excluding carboxylic acids is 1. The summed E-state index contributed by atoms with van der Waals surface area (Å²) in [4.78, 5) is 18.0. The average Bonchev–Trinajstić information content (AvgIpc) is 2.90. The van der Waals surface area contributed by atoms with Crippen LogP contribution in [0.25, 0.3) is 0 Å². The molecule has 3 aromatic rings. The highest BCUT2D eigenvalue weighted by molar-refractivity contribution is 6.30. The fourth-order valence-corrected chi connectivity index (χ4v) is 4.93. The first-order chi connectivity index (χ1) is 18.6. The van der Waals surface area contributed by atoms with E-state index in [1.165, 1.54) is 18.3 Å². The maximum atomic E-state index is 13.8. The van der Waals surface area contributed by atoms with E-state index in [1.807, 2.05) is 30.3 Å². The Bertz CT molecular complexity index is 1250. The predicted molar refractivity (Wildman–Crippen MR) is 140 cm³/mol. The second kappa shape index (κ2) is 12.2. The molecule has 0 aliphatic heterocycles. The summed E-state index contributed by atoms with van der Waals surface area (Å²) in [5.74, 6) is -0.499. The van der Waals surface area contributed by atoms with Crippen LogP contribution in [0.4, 0.5) is 22.4 Å². The second-order valence-corrected chi connectivity index (χ2v) is 10.0. The average molecular weight is 565 g/mol. The minimum Gasteiger partial charge on any atom is -0.428 e. The monoisotopic (exact) mass is 564 g/mol. The van der Waals surface area contributed by atoms with Crippen molar-refractivity contribution in [3.05, 3.63) is 94.8 Å². The molecule has 39 heavy (non-hydrogen) atoms. The Hall–Kier alpha value is -3.37. The number of alkyl halides is 4. The number of nitrogens with zero attached hydrogens (tertiary/aromatic N) is 1. The zero-order valence-corrected chi connectivity index (χ0v) is 21.7. The van der Waals surface area contributed by atoms with E-state index in [9.17, 15) is 22.4 Å². The fourth-order valence-electron chi connectivity index (χ4n) is 4.81. The number of benzene rings is 2. The molecular formula is C28H29ClF4N4O2. The SMILES string of the molecule is N[C@@H]1CCCC[C@H]1NC(=O)N[C@@](Cc1ccccc1)(c1cccc(OC(F)(F)C(F)F)c1)c1ccc(Cl)cn1. The molecule has 0 bridgehead atoms. The predicted octanol–water partition coefficient (Wildman–Crippen LogP) is 6.03. The van der Waals surface area contributed by atoms with Crippen LogP contribution in [0.3, 0.4) is 0 Å². The van der Waals surface area contributed by atoms with Crippen LogP contribution in [-0.4, -0.2) is 35.6 Å². The third-order valence-corrected chi connectivity index (χ3v) is 7.00. The van der Waals surface area contributed by atoms with E-state index in [0.717, 1.165) is 30.9 Å². The summed E-state index contributed by atoms with van der Waals surface area (Å²) in [6, 6.07) is 16.6. The molecular weight excluding hydrogens is 536 g/mol. The van der Waals surface area contributed by atoms with Crippen molar-refractivity contribution in [1.29, 1.82) is 0 Å². The van der Waals surface area contributed by atoms with Gasteiger partial charge in [0, 0.05) is 24.7 Å². The van der Waals surface area contributed by atoms with Crippen LogP contribution in [0.15, 0.2) is 72.9 Å². The van der Waals surface area contributed by atoms with Gasteiger partial charge in [0.05, 0.1) is 10.7 Å². The summed E-state index contributed by atoms with van der Waals surface area (Å²) in [5.41, 5.74) is 6.22. The summed E-state index contributed by atoms with van der Waals surface area (Å²) < 4.78 is 57.7. The third kappa shape index (κ3) is 6.99. The van der Waals surface area contributed by atoms with Gasteiger partial charge in [-0.25, -0.2) is 4.79 Å². The Balaban J connectivity index is 1.81. The third-order valence-electron chi connectivity index (χ3n) is 6.77. The van der Waals surface area contributed by atoms with Crippen molar-refractivity contribution < 1.29 is 27.1 Å². The van der Waals surface area contributed by atoms with Gasteiger partial charge in [-0.15, -0.1) is 0 Å². The number of amides is 2. The zero-order chi connectivity index (χ0) is 28.0. The van der Waals surface area contributed by atoms with Crippen molar-refractivity contribution in [2.24, 2.45) is 5.73 Å². The molecule has 0 unspecified atom stereocenters. The van der Waals surface area contributed by atoms with E-state index in [-0.39, 0.29) is 24.1 Å². The van der Waals surface area contributed by atoms with Crippen molar-refractivity contribution in [2.75, 3.05) is 0 Å². The van der Waals surface area contributed by atoms with Crippen LogP contribution in [0.1, 0.15) is 42.5 Å². The second-order valence-electron chi connectivity index (χ2n) is 9.58. The van der Waals surface area contributed by atoms with Gasteiger partial charge in [0.15, 0.2) is 0 Å². The molecule has 4 N–H and O–H groups in total. The number of pyridine rings is 1. The fraction of sp³-hybridized carbons (Fsp3) is 0.357. The van der Waals surface area contributed by atoms with Crippen LogP contribution < -0.4 is 21.1 Å². The maximum absolute atomic E-state index is 13.8. The van der Waals surface area contributed by atoms with Crippen molar-refractivity contribution in [3.8, 4) is 5.75 Å². The molecule has 1 fully saturated rings. The molecule has 1 heterocycles. The van der Waals surface area contributed by atoms with Gasteiger partial charge in [-0.1, -0.05) is 66.9 Å². The lowest BCUT2D eigenvalue weighted by molar-refractivity contribution is -0.253. The summed E-state index contributed by atoms with van der Waals surface area (Å²) in [5, 5.41) is 6.30. The number of urea groups is 1. The van der Waals surface area contributed by atoms with Crippen LogP contribution in [0.2, 0.25) is 5.02 Å². The van der Waals surface area contributed by atoms with Crippen LogP contribution in [0, 0.1) is 0 Å². The first-order valence-corrected chi connectivity index (χ1v) is 12.9. The number of halogens is 5. The van der Waals surface area contributed by atoms with Crippen LogP contribution in [-0.2, 0) is 12.0 Å². The molecule has 0 radical (unpaired) electrons. The molecule has 1 saturated carbocycles. The van der Waals surface area contributed by atoms with Gasteiger partial charge in [0.2, 0.25) is 0 Å². The molecule has 4 rings (SSSR count). The molecule has 1 aromatic heterocycles. The van der Waals surface area contributed by atoms with Crippen molar-refractivity contribution in [2.45, 2.75) is 62.3 Å². The Morgan fingerprint density at radius 1 is 1.08 bits per heavy atom. The van der Waals surface area contributed by atoms with E-state index in [0.29, 0.717) is 17.1 Å². The van der Waals surface area contributed by atoms with Crippen molar-refractivity contribution in [1.82, 2.24) is 15.6 Å². The molecule has 1 aliphatic carbocycles. The van der Waals surface area contributed by atoms with Gasteiger partial charge in [0.25, 0.3) is 0 Å². The standard InChI is InChI=1S/C28H29ClF4N4O2/c29-20-13-14-24(35-17-20)27(16-18-7-2-1-3-8-18,37-26(38)36-23-12-5-4-11-22(23)34)19-9-6-10-21(15-19)39-28(32,33)25(30)31/h1-3,6-10,13-15,17,22-23,25H,4-5,11-12,16,34H2,(H2,36,37,38)/t22-,23-,27+/m1/s1. The minimum atomic E-state index is -4.71. The van der Waals surface area contributed by atoms with Crippen LogP contribution in [0.5, 0.6) is 5.75 Å². The highest BCUT2D eigenvalue weighted by Gasteiger charge is 2.45. The zero-order valence-electron chi connectivity index (χ0n) is 20.9. The number of nitrogens with one attached hydrogen (secondary N) is 2. The normalized spacial score (nSPS) is 19.3. The molecule has 6 nitrogen and oxygen atoms in total. The van der Waals surface area contributed by atoms with E-state index >= 15 is 0 Å². The van der Waals surface area contributed by atoms with E-state index < -0.39 is 29.9 Å². The number of rotatable bonds is 9. The number of carbonyl (C=O) groups is 1.